The highest BCUT2D eigenvalue weighted by atomic mass is 14.9. The van der Waals surface area contributed by atoms with Gasteiger partial charge < -0.3 is 4.98 Å². The molecule has 0 amide bonds. The molecular formula is C21H24N4. The quantitative estimate of drug-likeness (QED) is 0.532. The van der Waals surface area contributed by atoms with Gasteiger partial charge in [-0.2, -0.15) is 0 Å². The summed E-state index contributed by atoms with van der Waals surface area (Å²) in [5.41, 5.74) is 4.55. The Hall–Kier alpha value is -2.75. The standard InChI is InChI=1S/C11H12N2.C10H12N2/c1-8(2)11-12-7-9-5-3-4-6-10(9)13-11;1-7(2)8-3-4-9-10(5-8)12-6-11-9/h3-8H,1-2H3;3-7H,1-2H3,(H,11,12). The first-order valence-electron chi connectivity index (χ1n) is 8.69. The van der Waals surface area contributed by atoms with Crippen molar-refractivity contribution >= 4 is 21.9 Å². The van der Waals surface area contributed by atoms with Crippen LogP contribution in [0.5, 0.6) is 0 Å². The van der Waals surface area contributed by atoms with Gasteiger partial charge in [0, 0.05) is 17.5 Å². The van der Waals surface area contributed by atoms with Gasteiger partial charge in [-0.15, -0.1) is 0 Å². The fourth-order valence-electron chi connectivity index (χ4n) is 2.58. The Bertz CT molecular complexity index is 970. The number of para-hydroxylation sites is 1. The lowest BCUT2D eigenvalue weighted by Crippen LogP contribution is -1.96. The number of aromatic amines is 1. The summed E-state index contributed by atoms with van der Waals surface area (Å²) in [7, 11) is 0. The van der Waals surface area contributed by atoms with Gasteiger partial charge >= 0.3 is 0 Å². The van der Waals surface area contributed by atoms with Gasteiger partial charge in [0.15, 0.2) is 0 Å². The molecule has 1 N–H and O–H groups in total. The second-order valence-corrected chi connectivity index (χ2v) is 6.78. The lowest BCUT2D eigenvalue weighted by molar-refractivity contribution is 0.783. The molecule has 2 heterocycles. The fourth-order valence-corrected chi connectivity index (χ4v) is 2.58. The largest absolute Gasteiger partial charge is 0.345 e. The van der Waals surface area contributed by atoms with Crippen LogP contribution in [0.15, 0.2) is 55.0 Å². The molecule has 0 radical (unpaired) electrons. The maximum absolute atomic E-state index is 4.46. The third-order valence-corrected chi connectivity index (χ3v) is 4.14. The number of nitrogens with one attached hydrogen (secondary N) is 1. The predicted octanol–water partition coefficient (Wildman–Crippen LogP) is 5.44. The average Bonchev–Trinajstić information content (AvgIpc) is 3.09. The molecule has 0 aliphatic carbocycles. The SMILES string of the molecule is CC(C)c1ccc2nc[nH]c2c1.CC(C)c1ncc2ccccc2n1. The van der Waals surface area contributed by atoms with E-state index in [1.165, 1.54) is 5.56 Å². The zero-order chi connectivity index (χ0) is 17.8. The number of imidazole rings is 1. The van der Waals surface area contributed by atoms with Crippen LogP contribution in [-0.4, -0.2) is 19.9 Å². The molecule has 0 saturated heterocycles. The van der Waals surface area contributed by atoms with E-state index in [1.807, 2.05) is 30.5 Å². The number of hydrogen-bond donors (Lipinski definition) is 1. The minimum Gasteiger partial charge on any atom is -0.345 e. The Balaban J connectivity index is 0.000000146. The molecule has 4 aromatic rings. The van der Waals surface area contributed by atoms with Crippen molar-refractivity contribution in [2.75, 3.05) is 0 Å². The van der Waals surface area contributed by atoms with Crippen LogP contribution in [0.2, 0.25) is 0 Å². The van der Waals surface area contributed by atoms with Crippen LogP contribution >= 0.6 is 0 Å². The summed E-state index contributed by atoms with van der Waals surface area (Å²) >= 11 is 0. The molecule has 0 fully saturated rings. The molecule has 4 heteroatoms. The highest BCUT2D eigenvalue weighted by Gasteiger charge is 2.03. The van der Waals surface area contributed by atoms with Crippen LogP contribution in [0.4, 0.5) is 0 Å². The lowest BCUT2D eigenvalue weighted by Gasteiger charge is -2.03. The van der Waals surface area contributed by atoms with Gasteiger partial charge in [0.2, 0.25) is 0 Å². The Morgan fingerprint density at radius 1 is 0.840 bits per heavy atom. The highest BCUT2D eigenvalue weighted by Crippen LogP contribution is 2.18. The highest BCUT2D eigenvalue weighted by molar-refractivity contribution is 5.77. The van der Waals surface area contributed by atoms with Gasteiger partial charge in [-0.25, -0.2) is 15.0 Å². The molecule has 0 aliphatic heterocycles. The summed E-state index contributed by atoms with van der Waals surface area (Å²) in [5, 5.41) is 1.10. The lowest BCUT2D eigenvalue weighted by atomic mass is 10.0. The number of nitrogens with zero attached hydrogens (tertiary/aromatic N) is 3. The third-order valence-electron chi connectivity index (χ3n) is 4.14. The summed E-state index contributed by atoms with van der Waals surface area (Å²) in [6.45, 7) is 8.59. The van der Waals surface area contributed by atoms with Gasteiger partial charge in [-0.1, -0.05) is 52.0 Å². The maximum Gasteiger partial charge on any atom is 0.131 e. The van der Waals surface area contributed by atoms with Crippen molar-refractivity contribution < 1.29 is 0 Å². The molecular weight excluding hydrogens is 308 g/mol. The first kappa shape index (κ1) is 17.1. The van der Waals surface area contributed by atoms with E-state index < -0.39 is 0 Å². The van der Waals surface area contributed by atoms with Crippen LogP contribution in [0.3, 0.4) is 0 Å². The molecule has 0 spiro atoms. The molecule has 0 saturated carbocycles. The topological polar surface area (TPSA) is 54.5 Å². The van der Waals surface area contributed by atoms with E-state index in [-0.39, 0.29) is 0 Å². The third kappa shape index (κ3) is 4.02. The molecule has 4 nitrogen and oxygen atoms in total. The number of fused-ring (bicyclic) bond motifs is 2. The van der Waals surface area contributed by atoms with E-state index in [2.05, 4.69) is 65.8 Å². The molecule has 128 valence electrons. The Morgan fingerprint density at radius 3 is 2.40 bits per heavy atom. The van der Waals surface area contributed by atoms with Gasteiger partial charge in [-0.3, -0.25) is 0 Å². The number of hydrogen-bond acceptors (Lipinski definition) is 3. The molecule has 0 atom stereocenters. The Labute approximate surface area is 148 Å². The van der Waals surface area contributed by atoms with Crippen LogP contribution < -0.4 is 0 Å². The second kappa shape index (κ2) is 7.43. The van der Waals surface area contributed by atoms with Gasteiger partial charge in [0.1, 0.15) is 5.82 Å². The summed E-state index contributed by atoms with van der Waals surface area (Å²) in [6, 6.07) is 14.4. The normalized spacial score (nSPS) is 11.1. The van der Waals surface area contributed by atoms with Crippen molar-refractivity contribution in [3.63, 3.8) is 0 Å². The molecule has 0 bridgehead atoms. The van der Waals surface area contributed by atoms with E-state index in [0.29, 0.717) is 11.8 Å². The van der Waals surface area contributed by atoms with E-state index in [9.17, 15) is 0 Å². The monoisotopic (exact) mass is 332 g/mol. The fraction of sp³-hybridized carbons (Fsp3) is 0.286. The number of rotatable bonds is 2. The molecule has 25 heavy (non-hydrogen) atoms. The van der Waals surface area contributed by atoms with Crippen LogP contribution in [-0.2, 0) is 0 Å². The molecule has 0 unspecified atom stereocenters. The summed E-state index contributed by atoms with van der Waals surface area (Å²) in [4.78, 5) is 16.0. The summed E-state index contributed by atoms with van der Waals surface area (Å²) in [5.74, 6) is 1.89. The van der Waals surface area contributed by atoms with E-state index in [1.54, 1.807) is 6.33 Å². The Morgan fingerprint density at radius 2 is 1.64 bits per heavy atom. The van der Waals surface area contributed by atoms with Crippen molar-refractivity contribution in [1.82, 2.24) is 19.9 Å². The minimum absolute atomic E-state index is 0.393. The van der Waals surface area contributed by atoms with E-state index in [0.717, 1.165) is 27.8 Å². The maximum atomic E-state index is 4.46. The van der Waals surface area contributed by atoms with Crippen LogP contribution in [0, 0.1) is 0 Å². The number of H-pyrrole nitrogens is 1. The van der Waals surface area contributed by atoms with Crippen molar-refractivity contribution in [1.29, 1.82) is 0 Å². The van der Waals surface area contributed by atoms with E-state index >= 15 is 0 Å². The smallest absolute Gasteiger partial charge is 0.131 e. The molecule has 4 rings (SSSR count). The summed E-state index contributed by atoms with van der Waals surface area (Å²) in [6.07, 6.45) is 3.62. The van der Waals surface area contributed by atoms with E-state index in [4.69, 9.17) is 0 Å². The molecule has 0 aliphatic rings. The van der Waals surface area contributed by atoms with Crippen molar-refractivity contribution in [3.8, 4) is 0 Å². The number of benzene rings is 2. The number of aromatic nitrogens is 4. The minimum atomic E-state index is 0.393. The molecule has 2 aromatic carbocycles. The van der Waals surface area contributed by atoms with Gasteiger partial charge in [0.05, 0.1) is 22.9 Å². The zero-order valence-corrected chi connectivity index (χ0v) is 15.2. The van der Waals surface area contributed by atoms with Crippen molar-refractivity contribution in [3.05, 3.63) is 66.4 Å². The van der Waals surface area contributed by atoms with Crippen molar-refractivity contribution in [2.45, 2.75) is 39.5 Å². The first-order valence-corrected chi connectivity index (χ1v) is 8.69. The average molecular weight is 332 g/mol. The predicted molar refractivity (Wildman–Crippen MR) is 104 cm³/mol. The second-order valence-electron chi connectivity index (χ2n) is 6.78. The van der Waals surface area contributed by atoms with Gasteiger partial charge in [-0.05, 0) is 29.7 Å². The van der Waals surface area contributed by atoms with Crippen molar-refractivity contribution in [2.24, 2.45) is 0 Å². The molecule has 2 aromatic heterocycles. The van der Waals surface area contributed by atoms with Crippen LogP contribution in [0.25, 0.3) is 21.9 Å². The summed E-state index contributed by atoms with van der Waals surface area (Å²) < 4.78 is 0. The van der Waals surface area contributed by atoms with Crippen LogP contribution in [0.1, 0.15) is 50.9 Å². The zero-order valence-electron chi connectivity index (χ0n) is 15.2. The Kier molecular flexibility index (Phi) is 5.08. The first-order chi connectivity index (χ1) is 12.0. The van der Waals surface area contributed by atoms with Gasteiger partial charge in [0.25, 0.3) is 0 Å².